The van der Waals surface area contributed by atoms with Crippen LogP contribution in [0.4, 0.5) is 0 Å². The van der Waals surface area contributed by atoms with Gasteiger partial charge in [0, 0.05) is 55.2 Å². The summed E-state index contributed by atoms with van der Waals surface area (Å²) in [7, 11) is 1.82. The molecule has 8 heteroatoms. The number of hydrogen-bond donors (Lipinski definition) is 2. The second kappa shape index (κ2) is 11.0. The summed E-state index contributed by atoms with van der Waals surface area (Å²) < 4.78 is 2.31. The number of aromatic nitrogens is 3. The van der Waals surface area contributed by atoms with Crippen LogP contribution in [0, 0.1) is 6.92 Å². The van der Waals surface area contributed by atoms with Gasteiger partial charge in [-0.15, -0.1) is 45.5 Å². The summed E-state index contributed by atoms with van der Waals surface area (Å²) in [5, 5.41) is 15.7. The van der Waals surface area contributed by atoms with E-state index < -0.39 is 0 Å². The van der Waals surface area contributed by atoms with Gasteiger partial charge in [-0.05, 0) is 38.8 Å². The van der Waals surface area contributed by atoms with Crippen molar-refractivity contribution in [1.82, 2.24) is 25.4 Å². The Labute approximate surface area is 183 Å². The molecule has 0 radical (unpaired) electrons. The standard InChI is InChI=1S/C19H30N6S.HI/c1-14(13-16-9-8-15(2)26-16)22-19(20-3)21-11-10-18-24-23-17-7-5-4-6-12-25(17)18;/h8-9,14H,4-7,10-13H2,1-3H3,(H2,20,21,22);1H. The summed E-state index contributed by atoms with van der Waals surface area (Å²) in [5.74, 6) is 3.09. The fourth-order valence-electron chi connectivity index (χ4n) is 3.40. The maximum atomic E-state index is 4.40. The molecule has 1 aliphatic rings. The van der Waals surface area contributed by atoms with E-state index in [9.17, 15) is 0 Å². The molecule has 1 aliphatic heterocycles. The largest absolute Gasteiger partial charge is 0.356 e. The maximum Gasteiger partial charge on any atom is 0.191 e. The van der Waals surface area contributed by atoms with E-state index in [1.807, 2.05) is 18.4 Å². The van der Waals surface area contributed by atoms with Gasteiger partial charge in [0.15, 0.2) is 5.96 Å². The Morgan fingerprint density at radius 3 is 2.89 bits per heavy atom. The van der Waals surface area contributed by atoms with Crippen LogP contribution in [-0.4, -0.2) is 40.4 Å². The lowest BCUT2D eigenvalue weighted by molar-refractivity contribution is 0.597. The summed E-state index contributed by atoms with van der Waals surface area (Å²) in [6.07, 6.45) is 6.69. The first kappa shape index (κ1) is 22.1. The minimum absolute atomic E-state index is 0. The van der Waals surface area contributed by atoms with Crippen LogP contribution in [0.3, 0.4) is 0 Å². The van der Waals surface area contributed by atoms with Crippen LogP contribution in [0.1, 0.15) is 47.6 Å². The highest BCUT2D eigenvalue weighted by atomic mass is 127. The number of fused-ring (bicyclic) bond motifs is 1. The summed E-state index contributed by atoms with van der Waals surface area (Å²) in [4.78, 5) is 7.12. The third-order valence-corrected chi connectivity index (χ3v) is 5.76. The van der Waals surface area contributed by atoms with Crippen molar-refractivity contribution in [3.8, 4) is 0 Å². The van der Waals surface area contributed by atoms with Gasteiger partial charge >= 0.3 is 0 Å². The van der Waals surface area contributed by atoms with Gasteiger partial charge in [0.05, 0.1) is 0 Å². The minimum Gasteiger partial charge on any atom is -0.356 e. The van der Waals surface area contributed by atoms with Gasteiger partial charge < -0.3 is 15.2 Å². The van der Waals surface area contributed by atoms with Gasteiger partial charge in [-0.25, -0.2) is 0 Å². The Morgan fingerprint density at radius 1 is 1.30 bits per heavy atom. The molecule has 3 rings (SSSR count). The molecule has 0 amide bonds. The number of aryl methyl sites for hydroxylation is 2. The first-order valence-corrected chi connectivity index (χ1v) is 10.4. The fraction of sp³-hybridized carbons (Fsp3) is 0.632. The molecule has 0 fully saturated rings. The van der Waals surface area contributed by atoms with Crippen molar-refractivity contribution < 1.29 is 0 Å². The highest BCUT2D eigenvalue weighted by molar-refractivity contribution is 14.0. The van der Waals surface area contributed by atoms with Crippen molar-refractivity contribution in [3.63, 3.8) is 0 Å². The zero-order valence-corrected chi connectivity index (χ0v) is 19.6. The number of rotatable bonds is 6. The molecule has 0 bridgehead atoms. The third-order valence-electron chi connectivity index (χ3n) is 4.74. The Hall–Kier alpha value is -1.16. The van der Waals surface area contributed by atoms with Gasteiger partial charge in [0.2, 0.25) is 0 Å². The van der Waals surface area contributed by atoms with Gasteiger partial charge in [-0.2, -0.15) is 0 Å². The average Bonchev–Trinajstić information content (AvgIpc) is 3.11. The predicted octanol–water partition coefficient (Wildman–Crippen LogP) is 3.33. The molecule has 2 N–H and O–H groups in total. The lowest BCUT2D eigenvalue weighted by Crippen LogP contribution is -2.43. The Morgan fingerprint density at radius 2 is 2.15 bits per heavy atom. The zero-order valence-electron chi connectivity index (χ0n) is 16.5. The highest BCUT2D eigenvalue weighted by Gasteiger charge is 2.14. The van der Waals surface area contributed by atoms with Crippen molar-refractivity contribution in [3.05, 3.63) is 33.5 Å². The van der Waals surface area contributed by atoms with Gasteiger partial charge in [0.25, 0.3) is 0 Å². The summed E-state index contributed by atoms with van der Waals surface area (Å²) >= 11 is 1.86. The lowest BCUT2D eigenvalue weighted by atomic mass is 10.2. The molecule has 0 aliphatic carbocycles. The lowest BCUT2D eigenvalue weighted by Gasteiger charge is -2.17. The number of halogens is 1. The number of guanidine groups is 1. The van der Waals surface area contributed by atoms with E-state index in [4.69, 9.17) is 0 Å². The van der Waals surface area contributed by atoms with Crippen LogP contribution in [0.5, 0.6) is 0 Å². The van der Waals surface area contributed by atoms with Crippen LogP contribution in [0.2, 0.25) is 0 Å². The summed E-state index contributed by atoms with van der Waals surface area (Å²) in [5.41, 5.74) is 0. The topological polar surface area (TPSA) is 67.1 Å². The van der Waals surface area contributed by atoms with Crippen molar-refractivity contribution in [2.24, 2.45) is 4.99 Å². The van der Waals surface area contributed by atoms with Crippen molar-refractivity contribution >= 4 is 41.3 Å². The van der Waals surface area contributed by atoms with Gasteiger partial charge in [0.1, 0.15) is 11.6 Å². The first-order chi connectivity index (χ1) is 12.7. The minimum atomic E-state index is 0. The molecule has 6 nitrogen and oxygen atoms in total. The molecule has 0 spiro atoms. The number of hydrogen-bond acceptors (Lipinski definition) is 4. The van der Waals surface area contributed by atoms with E-state index in [0.717, 1.165) is 50.0 Å². The van der Waals surface area contributed by atoms with Crippen molar-refractivity contribution in [2.45, 2.75) is 65.0 Å². The van der Waals surface area contributed by atoms with E-state index >= 15 is 0 Å². The number of thiophene rings is 1. The molecule has 2 aromatic rings. The zero-order chi connectivity index (χ0) is 18.4. The smallest absolute Gasteiger partial charge is 0.191 e. The second-order valence-electron chi connectivity index (χ2n) is 7.01. The first-order valence-electron chi connectivity index (χ1n) is 9.59. The Bertz CT molecular complexity index is 738. The quantitative estimate of drug-likeness (QED) is 0.362. The van der Waals surface area contributed by atoms with E-state index in [0.29, 0.717) is 6.04 Å². The van der Waals surface area contributed by atoms with Crippen molar-refractivity contribution in [2.75, 3.05) is 13.6 Å². The van der Waals surface area contributed by atoms with Crippen LogP contribution in [0.15, 0.2) is 17.1 Å². The molecule has 0 saturated carbocycles. The van der Waals surface area contributed by atoms with Crippen LogP contribution < -0.4 is 10.6 Å². The molecular formula is C19H31IN6S. The Balaban J connectivity index is 0.00000261. The van der Waals surface area contributed by atoms with E-state index in [-0.39, 0.29) is 24.0 Å². The van der Waals surface area contributed by atoms with Gasteiger partial charge in [-0.1, -0.05) is 6.42 Å². The van der Waals surface area contributed by atoms with Crippen LogP contribution in [-0.2, 0) is 25.8 Å². The van der Waals surface area contributed by atoms with Crippen molar-refractivity contribution in [1.29, 1.82) is 0 Å². The molecule has 1 atom stereocenters. The number of nitrogens with one attached hydrogen (secondary N) is 2. The molecule has 0 aromatic carbocycles. The monoisotopic (exact) mass is 502 g/mol. The van der Waals surface area contributed by atoms with Crippen LogP contribution in [0.25, 0.3) is 0 Å². The Kier molecular flexibility index (Phi) is 9.01. The molecule has 2 aromatic heterocycles. The molecule has 0 saturated heterocycles. The number of nitrogens with zero attached hydrogens (tertiary/aromatic N) is 4. The molecule has 1 unspecified atom stereocenters. The summed E-state index contributed by atoms with van der Waals surface area (Å²) in [6, 6.07) is 4.73. The molecule has 3 heterocycles. The van der Waals surface area contributed by atoms with E-state index in [2.05, 4.69) is 56.4 Å². The number of aliphatic imine (C=N–C) groups is 1. The molecular weight excluding hydrogens is 471 g/mol. The normalized spacial score (nSPS) is 15.4. The predicted molar refractivity (Wildman–Crippen MR) is 123 cm³/mol. The van der Waals surface area contributed by atoms with Crippen LogP contribution >= 0.6 is 35.3 Å². The third kappa shape index (κ3) is 6.44. The SMILES string of the molecule is CN=C(NCCc1nnc2n1CCCCC2)NC(C)Cc1ccc(C)s1.I. The average molecular weight is 502 g/mol. The maximum absolute atomic E-state index is 4.40. The summed E-state index contributed by atoms with van der Waals surface area (Å²) in [6.45, 7) is 6.21. The van der Waals surface area contributed by atoms with E-state index in [1.54, 1.807) is 0 Å². The highest BCUT2D eigenvalue weighted by Crippen LogP contribution is 2.17. The second-order valence-corrected chi connectivity index (χ2v) is 8.38. The van der Waals surface area contributed by atoms with E-state index in [1.165, 1.54) is 29.0 Å². The molecule has 27 heavy (non-hydrogen) atoms. The fourth-order valence-corrected chi connectivity index (χ4v) is 4.42. The molecule has 150 valence electrons. The van der Waals surface area contributed by atoms with Gasteiger partial charge in [-0.3, -0.25) is 4.99 Å².